The fourth-order valence-electron chi connectivity index (χ4n) is 2.44. The molecule has 0 bridgehead atoms. The number of ether oxygens (including phenoxy) is 2. The number of nitrogens with zero attached hydrogens (tertiary/aromatic N) is 1. The summed E-state index contributed by atoms with van der Waals surface area (Å²) in [6.07, 6.45) is 1.18. The van der Waals surface area contributed by atoms with Gasteiger partial charge >= 0.3 is 0 Å². The second-order valence-electron chi connectivity index (χ2n) is 5.34. The smallest absolute Gasteiger partial charge is 0.260 e. The molecule has 0 saturated carbocycles. The Hall–Kier alpha value is -1.55. The Morgan fingerprint density at radius 2 is 1.85 bits per heavy atom. The number of amides is 1. The summed E-state index contributed by atoms with van der Waals surface area (Å²) >= 11 is 0. The topological polar surface area (TPSA) is 38.8 Å². The average Bonchev–Trinajstić information content (AvgIpc) is 2.44. The summed E-state index contributed by atoms with van der Waals surface area (Å²) in [5.41, 5.74) is 1.26. The van der Waals surface area contributed by atoms with E-state index in [-0.39, 0.29) is 24.7 Å². The molecule has 0 spiro atoms. The monoisotopic (exact) mass is 277 g/mol. The number of carbonyl (C=O) groups is 1. The molecule has 1 aromatic rings. The predicted molar refractivity (Wildman–Crippen MR) is 77.9 cm³/mol. The standard InChI is InChI=1S/C16H23NO3/c1-4-14-5-7-15(8-6-14)19-11-16(18)17-9-12(2)20-13(3)10-17/h5-8,12-13H,4,9-11H2,1-3H3. The maximum Gasteiger partial charge on any atom is 0.260 e. The van der Waals surface area contributed by atoms with Gasteiger partial charge in [-0.25, -0.2) is 0 Å². The third kappa shape index (κ3) is 3.97. The molecule has 2 atom stereocenters. The zero-order chi connectivity index (χ0) is 14.5. The van der Waals surface area contributed by atoms with E-state index in [1.807, 2.05) is 43.0 Å². The molecule has 1 saturated heterocycles. The number of rotatable bonds is 4. The second kappa shape index (κ2) is 6.75. The normalized spacial score (nSPS) is 22.6. The van der Waals surface area contributed by atoms with Crippen LogP contribution in [0.4, 0.5) is 0 Å². The first kappa shape index (κ1) is 14.9. The van der Waals surface area contributed by atoms with Crippen LogP contribution < -0.4 is 4.74 Å². The van der Waals surface area contributed by atoms with Crippen LogP contribution in [0.3, 0.4) is 0 Å². The third-order valence-electron chi connectivity index (χ3n) is 3.47. The minimum Gasteiger partial charge on any atom is -0.484 e. The zero-order valence-corrected chi connectivity index (χ0v) is 12.5. The van der Waals surface area contributed by atoms with Crippen molar-refractivity contribution in [3.63, 3.8) is 0 Å². The molecule has 20 heavy (non-hydrogen) atoms. The maximum absolute atomic E-state index is 12.1. The molecule has 1 heterocycles. The number of aryl methyl sites for hydroxylation is 1. The quantitative estimate of drug-likeness (QED) is 0.847. The first-order chi connectivity index (χ1) is 9.58. The Balaban J connectivity index is 1.84. The summed E-state index contributed by atoms with van der Waals surface area (Å²) in [5.74, 6) is 0.761. The Morgan fingerprint density at radius 3 is 2.40 bits per heavy atom. The van der Waals surface area contributed by atoms with E-state index in [0.29, 0.717) is 13.1 Å². The summed E-state index contributed by atoms with van der Waals surface area (Å²) < 4.78 is 11.2. The van der Waals surface area contributed by atoms with Crippen LogP contribution in [0.15, 0.2) is 24.3 Å². The molecule has 2 unspecified atom stereocenters. The van der Waals surface area contributed by atoms with Gasteiger partial charge in [0.05, 0.1) is 12.2 Å². The van der Waals surface area contributed by atoms with E-state index in [1.165, 1.54) is 5.56 Å². The van der Waals surface area contributed by atoms with Gasteiger partial charge in [0.25, 0.3) is 5.91 Å². The van der Waals surface area contributed by atoms with Crippen molar-refractivity contribution >= 4 is 5.91 Å². The van der Waals surface area contributed by atoms with Gasteiger partial charge in [0.1, 0.15) is 5.75 Å². The number of hydrogen-bond acceptors (Lipinski definition) is 3. The zero-order valence-electron chi connectivity index (χ0n) is 12.5. The highest BCUT2D eigenvalue weighted by molar-refractivity contribution is 5.78. The van der Waals surface area contributed by atoms with Crippen LogP contribution >= 0.6 is 0 Å². The van der Waals surface area contributed by atoms with Crippen LogP contribution in [0.25, 0.3) is 0 Å². The van der Waals surface area contributed by atoms with E-state index >= 15 is 0 Å². The van der Waals surface area contributed by atoms with E-state index in [0.717, 1.165) is 12.2 Å². The highest BCUT2D eigenvalue weighted by atomic mass is 16.5. The molecule has 1 aliphatic heterocycles. The SMILES string of the molecule is CCc1ccc(OCC(=O)N2CC(C)OC(C)C2)cc1. The summed E-state index contributed by atoms with van der Waals surface area (Å²) in [5, 5.41) is 0. The average molecular weight is 277 g/mol. The Kier molecular flexibility index (Phi) is 5.01. The molecule has 1 aromatic carbocycles. The summed E-state index contributed by atoms with van der Waals surface area (Å²) in [6.45, 7) is 7.45. The Labute approximate surface area is 120 Å². The van der Waals surface area contributed by atoms with Crippen LogP contribution in [0.5, 0.6) is 5.75 Å². The van der Waals surface area contributed by atoms with Crippen LogP contribution in [0, 0.1) is 0 Å². The van der Waals surface area contributed by atoms with Crippen LogP contribution in [0.1, 0.15) is 26.3 Å². The second-order valence-corrected chi connectivity index (χ2v) is 5.34. The van der Waals surface area contributed by atoms with Gasteiger partial charge in [-0.2, -0.15) is 0 Å². The Bertz CT molecular complexity index is 434. The van der Waals surface area contributed by atoms with Crippen molar-refractivity contribution in [3.8, 4) is 5.75 Å². The summed E-state index contributed by atoms with van der Waals surface area (Å²) in [6, 6.07) is 7.88. The van der Waals surface area contributed by atoms with Crippen molar-refractivity contribution in [1.29, 1.82) is 0 Å². The molecule has 1 amide bonds. The van der Waals surface area contributed by atoms with Gasteiger partial charge in [0.2, 0.25) is 0 Å². The van der Waals surface area contributed by atoms with E-state index in [4.69, 9.17) is 9.47 Å². The van der Waals surface area contributed by atoms with E-state index in [9.17, 15) is 4.79 Å². The van der Waals surface area contributed by atoms with Gasteiger partial charge < -0.3 is 14.4 Å². The van der Waals surface area contributed by atoms with Crippen molar-refractivity contribution in [2.45, 2.75) is 39.4 Å². The molecule has 0 aliphatic carbocycles. The predicted octanol–water partition coefficient (Wildman–Crippen LogP) is 2.26. The van der Waals surface area contributed by atoms with Crippen LogP contribution in [-0.4, -0.2) is 42.7 Å². The first-order valence-corrected chi connectivity index (χ1v) is 7.23. The number of carbonyl (C=O) groups excluding carboxylic acids is 1. The van der Waals surface area contributed by atoms with Gasteiger partial charge in [-0.1, -0.05) is 19.1 Å². The molecular formula is C16H23NO3. The molecule has 1 aliphatic rings. The van der Waals surface area contributed by atoms with Crippen LogP contribution in [-0.2, 0) is 16.0 Å². The van der Waals surface area contributed by atoms with Crippen molar-refractivity contribution < 1.29 is 14.3 Å². The van der Waals surface area contributed by atoms with Crippen LogP contribution in [0.2, 0.25) is 0 Å². The fraction of sp³-hybridized carbons (Fsp3) is 0.562. The van der Waals surface area contributed by atoms with Gasteiger partial charge in [-0.05, 0) is 38.0 Å². The molecule has 4 heteroatoms. The molecule has 0 aromatic heterocycles. The number of hydrogen-bond donors (Lipinski definition) is 0. The highest BCUT2D eigenvalue weighted by Gasteiger charge is 2.25. The van der Waals surface area contributed by atoms with E-state index < -0.39 is 0 Å². The Morgan fingerprint density at radius 1 is 1.25 bits per heavy atom. The summed E-state index contributed by atoms with van der Waals surface area (Å²) in [7, 11) is 0. The lowest BCUT2D eigenvalue weighted by Gasteiger charge is -2.35. The lowest BCUT2D eigenvalue weighted by atomic mass is 10.2. The number of morpholine rings is 1. The molecule has 2 rings (SSSR count). The minimum atomic E-state index is 0.0200. The first-order valence-electron chi connectivity index (χ1n) is 7.23. The summed E-state index contributed by atoms with van der Waals surface area (Å²) in [4.78, 5) is 13.9. The fourth-order valence-corrected chi connectivity index (χ4v) is 2.44. The largest absolute Gasteiger partial charge is 0.484 e. The molecule has 0 radical (unpaired) electrons. The van der Waals surface area contributed by atoms with E-state index in [2.05, 4.69) is 6.92 Å². The minimum absolute atomic E-state index is 0.0200. The lowest BCUT2D eigenvalue weighted by molar-refractivity contribution is -0.145. The van der Waals surface area contributed by atoms with Crippen molar-refractivity contribution in [2.75, 3.05) is 19.7 Å². The lowest BCUT2D eigenvalue weighted by Crippen LogP contribution is -2.49. The van der Waals surface area contributed by atoms with Crippen molar-refractivity contribution in [3.05, 3.63) is 29.8 Å². The van der Waals surface area contributed by atoms with Gasteiger partial charge in [-0.15, -0.1) is 0 Å². The maximum atomic E-state index is 12.1. The molecule has 0 N–H and O–H groups in total. The molecule has 1 fully saturated rings. The van der Waals surface area contributed by atoms with Gasteiger partial charge in [0.15, 0.2) is 6.61 Å². The van der Waals surface area contributed by atoms with Gasteiger partial charge in [-0.3, -0.25) is 4.79 Å². The third-order valence-corrected chi connectivity index (χ3v) is 3.47. The highest BCUT2D eigenvalue weighted by Crippen LogP contribution is 2.14. The van der Waals surface area contributed by atoms with Crippen molar-refractivity contribution in [1.82, 2.24) is 4.90 Å². The molecular weight excluding hydrogens is 254 g/mol. The van der Waals surface area contributed by atoms with Gasteiger partial charge in [0, 0.05) is 13.1 Å². The van der Waals surface area contributed by atoms with Crippen molar-refractivity contribution in [2.24, 2.45) is 0 Å². The molecule has 110 valence electrons. The number of benzene rings is 1. The van der Waals surface area contributed by atoms with E-state index in [1.54, 1.807) is 0 Å². The molecule has 4 nitrogen and oxygen atoms in total.